The van der Waals surface area contributed by atoms with Gasteiger partial charge in [0.25, 0.3) is 0 Å². The molecule has 0 amide bonds. The van der Waals surface area contributed by atoms with Crippen molar-refractivity contribution in [1.82, 2.24) is 5.32 Å². The number of halogens is 2. The molecule has 1 saturated carbocycles. The van der Waals surface area contributed by atoms with Crippen LogP contribution in [0.4, 0.5) is 4.39 Å². The van der Waals surface area contributed by atoms with Crippen LogP contribution in [0.15, 0.2) is 40.7 Å². The summed E-state index contributed by atoms with van der Waals surface area (Å²) in [5.41, 5.74) is 2.75. The SMILES string of the molecule is COC(=O)C1=C(C2CC2)NC(C)=C(C#N)C1c1ccc(F)cc1Cl. The van der Waals surface area contributed by atoms with E-state index in [1.54, 1.807) is 6.92 Å². The molecule has 0 saturated heterocycles. The summed E-state index contributed by atoms with van der Waals surface area (Å²) >= 11 is 6.22. The Morgan fingerprint density at radius 3 is 2.71 bits per heavy atom. The fraction of sp³-hybridized carbons (Fsp3) is 0.333. The molecular formula is C18H16ClFN2O2. The molecule has 6 heteroatoms. The number of dihydropyridines is 1. The summed E-state index contributed by atoms with van der Waals surface area (Å²) in [5, 5.41) is 13.0. The van der Waals surface area contributed by atoms with Crippen LogP contribution in [-0.4, -0.2) is 13.1 Å². The Morgan fingerprint density at radius 1 is 1.46 bits per heavy atom. The number of methoxy groups -OCH3 is 1. The number of hydrogen-bond acceptors (Lipinski definition) is 4. The van der Waals surface area contributed by atoms with Crippen molar-refractivity contribution < 1.29 is 13.9 Å². The summed E-state index contributed by atoms with van der Waals surface area (Å²) in [4.78, 5) is 12.5. The lowest BCUT2D eigenvalue weighted by molar-refractivity contribution is -0.136. The van der Waals surface area contributed by atoms with E-state index in [1.807, 2.05) is 0 Å². The number of carbonyl (C=O) groups is 1. The van der Waals surface area contributed by atoms with Gasteiger partial charge in [-0.25, -0.2) is 9.18 Å². The van der Waals surface area contributed by atoms with E-state index >= 15 is 0 Å². The third-order valence-corrected chi connectivity index (χ3v) is 4.71. The molecule has 1 aromatic carbocycles. The second-order valence-corrected chi connectivity index (χ2v) is 6.37. The highest BCUT2D eigenvalue weighted by molar-refractivity contribution is 6.31. The fourth-order valence-electron chi connectivity index (χ4n) is 3.08. The summed E-state index contributed by atoms with van der Waals surface area (Å²) in [6, 6.07) is 6.14. The molecule has 1 fully saturated rings. The van der Waals surface area contributed by atoms with Crippen LogP contribution in [0.25, 0.3) is 0 Å². The molecule has 0 radical (unpaired) electrons. The third kappa shape index (κ3) is 2.78. The maximum Gasteiger partial charge on any atom is 0.336 e. The molecular weight excluding hydrogens is 331 g/mol. The van der Waals surface area contributed by atoms with Crippen LogP contribution in [0.3, 0.4) is 0 Å². The molecule has 0 spiro atoms. The second-order valence-electron chi connectivity index (χ2n) is 5.97. The third-order valence-electron chi connectivity index (χ3n) is 4.38. The van der Waals surface area contributed by atoms with Gasteiger partial charge in [-0.1, -0.05) is 17.7 Å². The van der Waals surface area contributed by atoms with Gasteiger partial charge in [-0.05, 0) is 43.4 Å². The van der Waals surface area contributed by atoms with E-state index in [-0.39, 0.29) is 10.9 Å². The van der Waals surface area contributed by atoms with Crippen molar-refractivity contribution in [3.05, 3.63) is 57.1 Å². The number of nitrogens with zero attached hydrogens (tertiary/aromatic N) is 1. The molecule has 2 aliphatic rings. The topological polar surface area (TPSA) is 62.1 Å². The number of rotatable bonds is 3. The number of hydrogen-bond donors (Lipinski definition) is 1. The molecule has 124 valence electrons. The monoisotopic (exact) mass is 346 g/mol. The standard InChI is InChI=1S/C18H16ClFN2O2/c1-9-13(8-21)15(12-6-5-11(20)7-14(12)19)16(18(23)24-2)17(22-9)10-3-4-10/h5-7,10,15,22H,3-4H2,1-2H3. The predicted molar refractivity (Wildman–Crippen MR) is 87.4 cm³/mol. The highest BCUT2D eigenvalue weighted by atomic mass is 35.5. The van der Waals surface area contributed by atoms with Crippen molar-refractivity contribution in [2.75, 3.05) is 7.11 Å². The smallest absolute Gasteiger partial charge is 0.336 e. The predicted octanol–water partition coefficient (Wildman–Crippen LogP) is 3.80. The Morgan fingerprint density at radius 2 is 2.17 bits per heavy atom. The first kappa shape index (κ1) is 16.5. The van der Waals surface area contributed by atoms with Crippen LogP contribution in [0.1, 0.15) is 31.2 Å². The quantitative estimate of drug-likeness (QED) is 0.845. The molecule has 1 aromatic rings. The van der Waals surface area contributed by atoms with Gasteiger partial charge >= 0.3 is 5.97 Å². The maximum atomic E-state index is 13.4. The number of carbonyl (C=O) groups excluding carboxylic acids is 1. The maximum absolute atomic E-state index is 13.4. The molecule has 1 unspecified atom stereocenters. The van der Waals surface area contributed by atoms with Gasteiger partial charge in [0.2, 0.25) is 0 Å². The number of benzene rings is 1. The van der Waals surface area contributed by atoms with E-state index in [0.29, 0.717) is 22.4 Å². The van der Waals surface area contributed by atoms with E-state index in [1.165, 1.54) is 25.3 Å². The Bertz CT molecular complexity index is 819. The lowest BCUT2D eigenvalue weighted by Crippen LogP contribution is -2.30. The Labute approximate surface area is 144 Å². The first-order chi connectivity index (χ1) is 11.5. The largest absolute Gasteiger partial charge is 0.466 e. The highest BCUT2D eigenvalue weighted by Gasteiger charge is 2.41. The zero-order chi connectivity index (χ0) is 17.4. The summed E-state index contributed by atoms with van der Waals surface area (Å²) < 4.78 is 18.4. The van der Waals surface area contributed by atoms with Crippen LogP contribution in [0, 0.1) is 23.1 Å². The molecule has 0 bridgehead atoms. The van der Waals surface area contributed by atoms with Crippen LogP contribution in [-0.2, 0) is 9.53 Å². The highest BCUT2D eigenvalue weighted by Crippen LogP contribution is 2.47. The lowest BCUT2D eigenvalue weighted by atomic mass is 9.80. The summed E-state index contributed by atoms with van der Waals surface area (Å²) in [6.45, 7) is 1.79. The second kappa shape index (κ2) is 6.29. The van der Waals surface area contributed by atoms with Gasteiger partial charge in [0, 0.05) is 16.4 Å². The zero-order valence-electron chi connectivity index (χ0n) is 13.3. The van der Waals surface area contributed by atoms with Crippen LogP contribution < -0.4 is 5.32 Å². The lowest BCUT2D eigenvalue weighted by Gasteiger charge is -2.30. The van der Waals surface area contributed by atoms with E-state index in [4.69, 9.17) is 16.3 Å². The first-order valence-corrected chi connectivity index (χ1v) is 8.01. The zero-order valence-corrected chi connectivity index (χ0v) is 14.1. The van der Waals surface area contributed by atoms with Gasteiger partial charge in [-0.2, -0.15) is 5.26 Å². The Balaban J connectivity index is 2.24. The van der Waals surface area contributed by atoms with Gasteiger partial charge < -0.3 is 10.1 Å². The van der Waals surface area contributed by atoms with Crippen molar-refractivity contribution >= 4 is 17.6 Å². The van der Waals surface area contributed by atoms with E-state index in [9.17, 15) is 14.4 Å². The van der Waals surface area contributed by atoms with E-state index in [0.717, 1.165) is 18.5 Å². The van der Waals surface area contributed by atoms with Crippen molar-refractivity contribution in [2.45, 2.75) is 25.7 Å². The number of nitrogens with one attached hydrogen (secondary N) is 1. The molecule has 24 heavy (non-hydrogen) atoms. The first-order valence-electron chi connectivity index (χ1n) is 7.63. The molecule has 3 rings (SSSR count). The average molecular weight is 347 g/mol. The van der Waals surface area contributed by atoms with E-state index in [2.05, 4.69) is 11.4 Å². The number of nitriles is 1. The molecule has 0 aromatic heterocycles. The minimum atomic E-state index is -0.660. The van der Waals surface area contributed by atoms with Gasteiger partial charge in [-0.3, -0.25) is 0 Å². The molecule has 4 nitrogen and oxygen atoms in total. The van der Waals surface area contributed by atoms with Crippen molar-refractivity contribution in [1.29, 1.82) is 5.26 Å². The number of allylic oxidation sites excluding steroid dienone is 3. The number of ether oxygens (including phenoxy) is 1. The summed E-state index contributed by atoms with van der Waals surface area (Å²) in [6.07, 6.45) is 1.95. The number of esters is 1. The van der Waals surface area contributed by atoms with Crippen molar-refractivity contribution in [3.8, 4) is 6.07 Å². The van der Waals surface area contributed by atoms with Gasteiger partial charge in [0.1, 0.15) is 5.82 Å². The van der Waals surface area contributed by atoms with Crippen molar-refractivity contribution in [3.63, 3.8) is 0 Å². The van der Waals surface area contributed by atoms with Gasteiger partial charge in [0.05, 0.1) is 30.2 Å². The molecule has 1 aliphatic heterocycles. The molecule has 1 N–H and O–H groups in total. The van der Waals surface area contributed by atoms with E-state index < -0.39 is 17.7 Å². The van der Waals surface area contributed by atoms with Crippen molar-refractivity contribution in [2.24, 2.45) is 5.92 Å². The van der Waals surface area contributed by atoms with Gasteiger partial charge in [0.15, 0.2) is 0 Å². The Kier molecular flexibility index (Phi) is 4.33. The Hall–Kier alpha value is -2.32. The fourth-order valence-corrected chi connectivity index (χ4v) is 3.36. The van der Waals surface area contributed by atoms with Gasteiger partial charge in [-0.15, -0.1) is 0 Å². The average Bonchev–Trinajstić information content (AvgIpc) is 3.38. The molecule has 1 atom stereocenters. The van der Waals surface area contributed by atoms with Crippen LogP contribution >= 0.6 is 11.6 Å². The molecule has 1 heterocycles. The summed E-state index contributed by atoms with van der Waals surface area (Å²) in [7, 11) is 1.31. The van der Waals surface area contributed by atoms with Crippen LogP contribution in [0.5, 0.6) is 0 Å². The molecule has 1 aliphatic carbocycles. The minimum Gasteiger partial charge on any atom is -0.466 e. The summed E-state index contributed by atoms with van der Waals surface area (Å²) in [5.74, 6) is -1.39. The minimum absolute atomic E-state index is 0.180. The van der Waals surface area contributed by atoms with Crippen LogP contribution in [0.2, 0.25) is 5.02 Å². The normalized spacial score (nSPS) is 20.5.